The minimum Gasteiger partial charge on any atom is -0.350 e. The Bertz CT molecular complexity index is 385. The van der Waals surface area contributed by atoms with Crippen LogP contribution in [0.3, 0.4) is 0 Å². The summed E-state index contributed by atoms with van der Waals surface area (Å²) in [6.45, 7) is 2.10. The highest BCUT2D eigenvalue weighted by Gasteiger charge is 1.96. The Hall–Kier alpha value is -1.24. The summed E-state index contributed by atoms with van der Waals surface area (Å²) in [5.74, 6) is 0. The molecule has 55 valence electrons. The molecule has 0 aliphatic rings. The molecule has 0 fully saturated rings. The number of hydrogen-bond donors (Lipinski definition) is 0. The van der Waals surface area contributed by atoms with E-state index in [1.54, 1.807) is 0 Å². The average Bonchev–Trinajstić information content (AvgIpc) is 2.33. The molecule has 0 unspecified atom stereocenters. The molecule has 0 aliphatic heterocycles. The van der Waals surface area contributed by atoms with Crippen LogP contribution in [0.2, 0.25) is 0 Å². The molecule has 0 N–H and O–H groups in total. The highest BCUT2D eigenvalue weighted by molar-refractivity contribution is 5.79. The van der Waals surface area contributed by atoms with Crippen molar-refractivity contribution in [3.05, 3.63) is 36.0 Å². The lowest BCUT2D eigenvalue weighted by Crippen LogP contribution is -1.83. The van der Waals surface area contributed by atoms with Crippen molar-refractivity contribution < 1.29 is 0 Å². The third-order valence-electron chi connectivity index (χ3n) is 1.95. The van der Waals surface area contributed by atoms with Crippen LogP contribution in [0.15, 0.2) is 24.4 Å². The van der Waals surface area contributed by atoms with Crippen LogP contribution < -0.4 is 0 Å². The smallest absolute Gasteiger partial charge is 0.0486 e. The molecule has 1 radical (unpaired) electrons. The Kier molecular flexibility index (Phi) is 1.25. The summed E-state index contributed by atoms with van der Waals surface area (Å²) in [7, 11) is 2.04. The number of fused-ring (bicyclic) bond motifs is 1. The van der Waals surface area contributed by atoms with Crippen molar-refractivity contribution in [3.8, 4) is 0 Å². The number of nitrogens with zero attached hydrogens (tertiary/aromatic N) is 1. The van der Waals surface area contributed by atoms with E-state index in [4.69, 9.17) is 0 Å². The second-order valence-electron chi connectivity index (χ2n) is 2.90. The molecule has 0 bridgehead atoms. The number of rotatable bonds is 0. The second-order valence-corrected chi connectivity index (χ2v) is 2.90. The number of aromatic nitrogens is 1. The maximum atomic E-state index is 3.18. The summed E-state index contributed by atoms with van der Waals surface area (Å²) < 4.78 is 2.09. The summed E-state index contributed by atoms with van der Waals surface area (Å²) in [4.78, 5) is 0. The minimum atomic E-state index is 1.19. The van der Waals surface area contributed by atoms with E-state index in [0.717, 1.165) is 0 Å². The standard InChI is InChI=1S/C10H10N/c1-8-3-4-9-5-6-11(2)10(9)7-8/h3-4,6-7H,1-2H3. The zero-order valence-corrected chi connectivity index (χ0v) is 6.76. The van der Waals surface area contributed by atoms with Crippen molar-refractivity contribution in [3.63, 3.8) is 0 Å². The first-order chi connectivity index (χ1) is 5.27. The van der Waals surface area contributed by atoms with Gasteiger partial charge in [-0.05, 0) is 18.6 Å². The fourth-order valence-corrected chi connectivity index (χ4v) is 1.29. The molecule has 0 saturated heterocycles. The lowest BCUT2D eigenvalue weighted by Gasteiger charge is -1.96. The highest BCUT2D eigenvalue weighted by Crippen LogP contribution is 2.14. The summed E-state index contributed by atoms with van der Waals surface area (Å²) >= 11 is 0. The van der Waals surface area contributed by atoms with Crippen LogP contribution in [-0.4, -0.2) is 4.57 Å². The van der Waals surface area contributed by atoms with Crippen molar-refractivity contribution in [2.75, 3.05) is 0 Å². The fourth-order valence-electron chi connectivity index (χ4n) is 1.29. The molecular weight excluding hydrogens is 134 g/mol. The predicted molar refractivity (Wildman–Crippen MR) is 46.5 cm³/mol. The van der Waals surface area contributed by atoms with E-state index in [0.29, 0.717) is 0 Å². The van der Waals surface area contributed by atoms with Crippen LogP contribution in [0.4, 0.5) is 0 Å². The first kappa shape index (κ1) is 6.47. The van der Waals surface area contributed by atoms with Crippen molar-refractivity contribution in [1.82, 2.24) is 4.57 Å². The topological polar surface area (TPSA) is 4.93 Å². The van der Waals surface area contributed by atoms with E-state index in [9.17, 15) is 0 Å². The summed E-state index contributed by atoms with van der Waals surface area (Å²) in [6, 6.07) is 9.56. The third-order valence-corrected chi connectivity index (χ3v) is 1.95. The van der Waals surface area contributed by atoms with Crippen LogP contribution in [0, 0.1) is 13.0 Å². The predicted octanol–water partition coefficient (Wildman–Crippen LogP) is 2.29. The molecule has 1 aromatic heterocycles. The average molecular weight is 144 g/mol. The Morgan fingerprint density at radius 1 is 1.36 bits per heavy atom. The van der Waals surface area contributed by atoms with E-state index < -0.39 is 0 Å². The molecule has 1 heteroatoms. The van der Waals surface area contributed by atoms with E-state index in [-0.39, 0.29) is 0 Å². The van der Waals surface area contributed by atoms with Crippen molar-refractivity contribution in [2.24, 2.45) is 7.05 Å². The van der Waals surface area contributed by atoms with Gasteiger partial charge in [-0.15, -0.1) is 0 Å². The van der Waals surface area contributed by atoms with Gasteiger partial charge in [-0.2, -0.15) is 0 Å². The van der Waals surface area contributed by atoms with Gasteiger partial charge in [0.2, 0.25) is 0 Å². The summed E-state index contributed by atoms with van der Waals surface area (Å²) in [5, 5.41) is 1.19. The van der Waals surface area contributed by atoms with Crippen molar-refractivity contribution in [2.45, 2.75) is 6.92 Å². The lowest BCUT2D eigenvalue weighted by molar-refractivity contribution is 0.967. The Balaban J connectivity index is 2.87. The van der Waals surface area contributed by atoms with Crippen LogP contribution >= 0.6 is 0 Å². The normalized spacial score (nSPS) is 10.7. The quantitative estimate of drug-likeness (QED) is 0.534. The molecule has 0 atom stereocenters. The number of aryl methyl sites for hydroxylation is 2. The molecule has 2 aromatic rings. The van der Waals surface area contributed by atoms with Crippen molar-refractivity contribution in [1.29, 1.82) is 0 Å². The van der Waals surface area contributed by atoms with Crippen LogP contribution in [0.25, 0.3) is 10.9 Å². The number of benzene rings is 1. The Morgan fingerprint density at radius 2 is 2.18 bits per heavy atom. The summed E-state index contributed by atoms with van der Waals surface area (Å²) in [6.07, 6.45) is 1.96. The zero-order chi connectivity index (χ0) is 7.84. The molecule has 0 amide bonds. The molecule has 1 aromatic carbocycles. The SMILES string of the molecule is Cc1ccc2[c]cn(C)c2c1. The molecule has 11 heavy (non-hydrogen) atoms. The maximum absolute atomic E-state index is 3.18. The molecule has 0 saturated carbocycles. The van der Waals surface area contributed by atoms with E-state index in [1.165, 1.54) is 16.5 Å². The second kappa shape index (κ2) is 2.12. The zero-order valence-electron chi connectivity index (χ0n) is 6.76. The monoisotopic (exact) mass is 144 g/mol. The van der Waals surface area contributed by atoms with Gasteiger partial charge >= 0.3 is 0 Å². The molecule has 0 spiro atoms. The van der Waals surface area contributed by atoms with E-state index >= 15 is 0 Å². The molecule has 0 aliphatic carbocycles. The van der Waals surface area contributed by atoms with E-state index in [1.807, 2.05) is 13.2 Å². The lowest BCUT2D eigenvalue weighted by atomic mass is 10.2. The van der Waals surface area contributed by atoms with E-state index in [2.05, 4.69) is 35.8 Å². The molecule has 1 heterocycles. The first-order valence-corrected chi connectivity index (χ1v) is 3.71. The highest BCUT2D eigenvalue weighted by atomic mass is 14.9. The van der Waals surface area contributed by atoms with Gasteiger partial charge in [-0.3, -0.25) is 0 Å². The van der Waals surface area contributed by atoms with Gasteiger partial charge in [0.25, 0.3) is 0 Å². The summed E-state index contributed by atoms with van der Waals surface area (Å²) in [5.41, 5.74) is 2.55. The Morgan fingerprint density at radius 3 is 3.00 bits per heavy atom. The van der Waals surface area contributed by atoms with Gasteiger partial charge in [-0.1, -0.05) is 12.1 Å². The molecule has 1 nitrogen and oxygen atoms in total. The number of hydrogen-bond acceptors (Lipinski definition) is 0. The van der Waals surface area contributed by atoms with Gasteiger partial charge < -0.3 is 4.57 Å². The van der Waals surface area contributed by atoms with Gasteiger partial charge in [0.15, 0.2) is 0 Å². The van der Waals surface area contributed by atoms with Crippen molar-refractivity contribution >= 4 is 10.9 Å². The largest absolute Gasteiger partial charge is 0.350 e. The Labute approximate surface area is 66.3 Å². The van der Waals surface area contributed by atoms with Gasteiger partial charge in [0.1, 0.15) is 0 Å². The molecular formula is C10H10N. The van der Waals surface area contributed by atoms with Gasteiger partial charge in [0, 0.05) is 30.2 Å². The van der Waals surface area contributed by atoms with Gasteiger partial charge in [0.05, 0.1) is 0 Å². The first-order valence-electron chi connectivity index (χ1n) is 3.71. The minimum absolute atomic E-state index is 1.19. The van der Waals surface area contributed by atoms with Crippen LogP contribution in [0.1, 0.15) is 5.56 Å². The van der Waals surface area contributed by atoms with Crippen LogP contribution in [-0.2, 0) is 7.05 Å². The van der Waals surface area contributed by atoms with Gasteiger partial charge in [-0.25, -0.2) is 0 Å². The third kappa shape index (κ3) is 0.929. The maximum Gasteiger partial charge on any atom is 0.0486 e. The van der Waals surface area contributed by atoms with Crippen LogP contribution in [0.5, 0.6) is 0 Å². The fraction of sp³-hybridized carbons (Fsp3) is 0.200. The molecule has 2 rings (SSSR count).